The van der Waals surface area contributed by atoms with Crippen LogP contribution in [0.2, 0.25) is 0 Å². The molecule has 13 aromatic rings. The Bertz CT molecular complexity index is 3550. The first-order chi connectivity index (χ1) is 33.7. The van der Waals surface area contributed by atoms with Crippen LogP contribution in [0.15, 0.2) is 255 Å². The molecule has 3 aromatic heterocycles. The zero-order chi connectivity index (χ0) is 45.0. The summed E-state index contributed by atoms with van der Waals surface area (Å²) in [6.07, 6.45) is 1.88. The Morgan fingerprint density at radius 2 is 0.588 bits per heavy atom. The predicted molar refractivity (Wildman–Crippen MR) is 283 cm³/mol. The fraction of sp³-hybridized carbons (Fsp3) is 0. The van der Waals surface area contributed by atoms with Gasteiger partial charge >= 0.3 is 0 Å². The predicted octanol–water partition coefficient (Wildman–Crippen LogP) is 16.7. The van der Waals surface area contributed by atoms with Crippen molar-refractivity contribution >= 4 is 43.6 Å². The van der Waals surface area contributed by atoms with E-state index in [1.54, 1.807) is 0 Å². The van der Waals surface area contributed by atoms with E-state index in [-0.39, 0.29) is 0 Å². The number of hydrogen-bond donors (Lipinski definition) is 0. The number of rotatable bonds is 8. The first kappa shape index (κ1) is 39.3. The molecule has 13 rings (SSSR count). The topological polar surface area (TPSA) is 35.6 Å². The molecule has 0 radical (unpaired) electrons. The molecule has 0 N–H and O–H groups in total. The summed E-state index contributed by atoms with van der Waals surface area (Å²) in [6.45, 7) is 0. The fourth-order valence-corrected chi connectivity index (χ4v) is 10.1. The van der Waals surface area contributed by atoms with Gasteiger partial charge in [-0.1, -0.05) is 170 Å². The largest absolute Gasteiger partial charge is 0.309 e. The maximum atomic E-state index is 5.26. The van der Waals surface area contributed by atoms with Gasteiger partial charge in [0.25, 0.3) is 0 Å². The third-order valence-electron chi connectivity index (χ3n) is 13.4. The summed E-state index contributed by atoms with van der Waals surface area (Å²) in [7, 11) is 0. The number of fused-ring (bicyclic) bond motifs is 6. The Morgan fingerprint density at radius 1 is 0.250 bits per heavy atom. The van der Waals surface area contributed by atoms with Gasteiger partial charge in [0, 0.05) is 50.2 Å². The molecule has 0 amide bonds. The van der Waals surface area contributed by atoms with Crippen LogP contribution in [-0.2, 0) is 0 Å². The van der Waals surface area contributed by atoms with Gasteiger partial charge in [-0.25, -0.2) is 9.97 Å². The highest BCUT2D eigenvalue weighted by Crippen LogP contribution is 2.40. The lowest BCUT2D eigenvalue weighted by Gasteiger charge is -2.12. The molecule has 0 saturated carbocycles. The normalized spacial score (nSPS) is 11.5. The minimum Gasteiger partial charge on any atom is -0.309 e. The molecule has 0 fully saturated rings. The third-order valence-corrected chi connectivity index (χ3v) is 13.4. The maximum Gasteiger partial charge on any atom is 0.159 e. The molecule has 0 aliphatic heterocycles. The van der Waals surface area contributed by atoms with E-state index in [9.17, 15) is 0 Å². The Kier molecular flexibility index (Phi) is 9.47. The number of nitrogens with zero attached hydrogens (tertiary/aromatic N) is 4. The first-order valence-corrected chi connectivity index (χ1v) is 23.1. The average Bonchev–Trinajstić information content (AvgIpc) is 3.93. The summed E-state index contributed by atoms with van der Waals surface area (Å²) in [4.78, 5) is 10.1. The third kappa shape index (κ3) is 6.86. The van der Waals surface area contributed by atoms with Crippen LogP contribution in [0.5, 0.6) is 0 Å². The molecule has 0 atom stereocenters. The van der Waals surface area contributed by atoms with Gasteiger partial charge in [0.05, 0.1) is 27.8 Å². The van der Waals surface area contributed by atoms with Gasteiger partial charge in [-0.15, -0.1) is 0 Å². The number of benzene rings is 10. The molecule has 68 heavy (non-hydrogen) atoms. The Labute approximate surface area is 394 Å². The van der Waals surface area contributed by atoms with Crippen LogP contribution in [0, 0.1) is 0 Å². The second-order valence-electron chi connectivity index (χ2n) is 17.4. The van der Waals surface area contributed by atoms with E-state index in [4.69, 9.17) is 9.97 Å². The molecular weight excluding hydrogens is 825 g/mol. The van der Waals surface area contributed by atoms with E-state index in [1.807, 2.05) is 12.3 Å². The van der Waals surface area contributed by atoms with Crippen molar-refractivity contribution in [1.29, 1.82) is 0 Å². The number of aromatic nitrogens is 4. The summed E-state index contributed by atoms with van der Waals surface area (Å²) < 4.78 is 4.77. The van der Waals surface area contributed by atoms with Gasteiger partial charge in [-0.3, -0.25) is 0 Å². The lowest BCUT2D eigenvalue weighted by Crippen LogP contribution is -1.97. The van der Waals surface area contributed by atoms with E-state index in [0.717, 1.165) is 50.3 Å². The second-order valence-corrected chi connectivity index (χ2v) is 17.4. The first-order valence-electron chi connectivity index (χ1n) is 23.1. The van der Waals surface area contributed by atoms with E-state index >= 15 is 0 Å². The number of hydrogen-bond acceptors (Lipinski definition) is 2. The van der Waals surface area contributed by atoms with Crippen molar-refractivity contribution in [3.8, 4) is 78.5 Å². The van der Waals surface area contributed by atoms with E-state index < -0.39 is 0 Å². The van der Waals surface area contributed by atoms with Gasteiger partial charge in [-0.05, 0) is 123 Å². The molecule has 10 aromatic carbocycles. The highest BCUT2D eigenvalue weighted by molar-refractivity contribution is 6.13. The van der Waals surface area contributed by atoms with Crippen LogP contribution in [0.25, 0.3) is 122 Å². The SMILES string of the molecule is c1ccc(-c2ccc3c(c2)c2cc(-c4ccccc4)ccc2n3-c2cccc(-c3ccnc(-c4cccc(-n5c6ccc(-c7ccccc7)cc6c6cc(-c7ccccc7)ccc65)c4)n3)c2)cc1. The molecule has 0 aliphatic rings. The highest BCUT2D eigenvalue weighted by atomic mass is 15.0. The van der Waals surface area contributed by atoms with E-state index in [0.29, 0.717) is 5.82 Å². The average molecular weight is 867 g/mol. The van der Waals surface area contributed by atoms with Crippen LogP contribution in [-0.4, -0.2) is 19.1 Å². The molecule has 4 heteroatoms. The minimum absolute atomic E-state index is 0.673. The molecule has 0 bridgehead atoms. The minimum atomic E-state index is 0.673. The maximum absolute atomic E-state index is 5.26. The van der Waals surface area contributed by atoms with E-state index in [1.165, 1.54) is 66.1 Å². The quantitative estimate of drug-likeness (QED) is 0.153. The van der Waals surface area contributed by atoms with Gasteiger partial charge in [-0.2, -0.15) is 0 Å². The van der Waals surface area contributed by atoms with Crippen LogP contribution in [0.3, 0.4) is 0 Å². The molecule has 318 valence electrons. The van der Waals surface area contributed by atoms with Crippen LogP contribution < -0.4 is 0 Å². The van der Waals surface area contributed by atoms with Gasteiger partial charge in [0.1, 0.15) is 0 Å². The van der Waals surface area contributed by atoms with Crippen molar-refractivity contribution in [3.05, 3.63) is 255 Å². The van der Waals surface area contributed by atoms with Crippen molar-refractivity contribution in [3.63, 3.8) is 0 Å². The molecule has 4 nitrogen and oxygen atoms in total. The van der Waals surface area contributed by atoms with E-state index in [2.05, 4.69) is 252 Å². The molecule has 3 heterocycles. The second kappa shape index (κ2) is 16.4. The van der Waals surface area contributed by atoms with Crippen LogP contribution in [0.4, 0.5) is 0 Å². The van der Waals surface area contributed by atoms with Crippen molar-refractivity contribution in [1.82, 2.24) is 19.1 Å². The zero-order valence-corrected chi connectivity index (χ0v) is 37.0. The van der Waals surface area contributed by atoms with Crippen molar-refractivity contribution in [2.45, 2.75) is 0 Å². The molecule has 0 aliphatic carbocycles. The standard InChI is InChI=1S/C64H42N4/c1-5-15-43(16-6-1)47-27-31-60-55(39-47)56-40-48(44-17-7-2-8-18-44)28-32-61(56)67(60)53-25-13-23-51(37-53)59-35-36-65-64(66-59)52-24-14-26-54(38-52)68-62-33-29-49(45-19-9-3-10-20-45)41-57(62)58-42-50(30-34-63(58)68)46-21-11-4-12-22-46/h1-42H. The van der Waals surface area contributed by atoms with Gasteiger partial charge in [0.2, 0.25) is 0 Å². The Hall–Kier alpha value is -9.12. The monoisotopic (exact) mass is 866 g/mol. The van der Waals surface area contributed by atoms with Crippen LogP contribution >= 0.6 is 0 Å². The summed E-state index contributed by atoms with van der Waals surface area (Å²) >= 11 is 0. The zero-order valence-electron chi connectivity index (χ0n) is 37.0. The Morgan fingerprint density at radius 3 is 0.971 bits per heavy atom. The van der Waals surface area contributed by atoms with Crippen molar-refractivity contribution in [2.75, 3.05) is 0 Å². The Balaban J connectivity index is 0.904. The summed E-state index contributed by atoms with van der Waals surface area (Å²) in [5.41, 5.74) is 19.1. The molecule has 0 saturated heterocycles. The molecular formula is C64H42N4. The molecule has 0 unspecified atom stereocenters. The lowest BCUT2D eigenvalue weighted by atomic mass is 10.0. The summed E-state index contributed by atoms with van der Waals surface area (Å²) in [5, 5.41) is 4.84. The lowest BCUT2D eigenvalue weighted by molar-refractivity contribution is 1.15. The van der Waals surface area contributed by atoms with Gasteiger partial charge < -0.3 is 9.13 Å². The summed E-state index contributed by atoms with van der Waals surface area (Å²) in [6, 6.07) is 89.3. The summed E-state index contributed by atoms with van der Waals surface area (Å²) in [5.74, 6) is 0.673. The van der Waals surface area contributed by atoms with Crippen molar-refractivity contribution in [2.24, 2.45) is 0 Å². The molecule has 0 spiro atoms. The van der Waals surface area contributed by atoms with Crippen molar-refractivity contribution < 1.29 is 0 Å². The van der Waals surface area contributed by atoms with Crippen LogP contribution in [0.1, 0.15) is 0 Å². The highest BCUT2D eigenvalue weighted by Gasteiger charge is 2.18. The fourth-order valence-electron chi connectivity index (χ4n) is 10.1. The smallest absolute Gasteiger partial charge is 0.159 e. The van der Waals surface area contributed by atoms with Gasteiger partial charge in [0.15, 0.2) is 5.82 Å².